The van der Waals surface area contributed by atoms with Crippen molar-refractivity contribution >= 4 is 22.9 Å². The number of nitrogens with one attached hydrogen (secondary N) is 1. The SMILES string of the molecule is CCCc1ccc(CCOc2ccc(CC3SC(=O)NC3=O)cc2C)nc1.[HH].[HH].[HH].[HH].[HH].[HH].[HH].[HH].[HH].[HH].[HH].[HH].[HH].[HH].[HH].[HH].[HH].[HH].[HH].[HH].[HH].[HH].[HH].[HH].[HH].[HH].[HH].[HH].[HH].[HH].[HH].[HH].[HH].[HH].[HH].[HH].[HH].[HH].[HH].[HH].[HH].[HH].[HH].[HH].[HH].[HH].[HH].[HH].[HH].[HH].[HH].[HH].[HH].[HH].[HH].[HH].[HH].[HH].[HH].[HH].[HH].[HH].[HH].[HH].[HH].[HH].[HH].[HH].[HH].[HH].[HH].[HH].[HH].[HH].[HH].[HH].[HH].[HH].[HH].[HH]. The quantitative estimate of drug-likeness (QED) is 0.357. The van der Waals surface area contributed by atoms with Crippen LogP contribution >= 0.6 is 11.8 Å². The lowest BCUT2D eigenvalue weighted by molar-refractivity contribution is -0.118. The van der Waals surface area contributed by atoms with Crippen molar-refractivity contribution in [2.24, 2.45) is 0 Å². The van der Waals surface area contributed by atoms with Gasteiger partial charge < -0.3 is 4.74 Å². The van der Waals surface area contributed by atoms with Gasteiger partial charge in [0, 0.05) is 132 Å². The van der Waals surface area contributed by atoms with Crippen LogP contribution < -0.4 is 10.1 Å². The summed E-state index contributed by atoms with van der Waals surface area (Å²) in [6.07, 6.45) is 5.43. The van der Waals surface area contributed by atoms with E-state index in [1.807, 2.05) is 31.3 Å². The second-order valence-corrected chi connectivity index (χ2v) is 7.87. The van der Waals surface area contributed by atoms with Crippen LogP contribution in [0.5, 0.6) is 5.75 Å². The lowest BCUT2D eigenvalue weighted by Gasteiger charge is -2.12. The van der Waals surface area contributed by atoms with E-state index < -0.39 is 0 Å². The van der Waals surface area contributed by atoms with Gasteiger partial charge in [-0.25, -0.2) is 0 Å². The van der Waals surface area contributed by atoms with Crippen LogP contribution in [0.1, 0.15) is 150 Å². The van der Waals surface area contributed by atoms with Crippen LogP contribution in [0.4, 0.5) is 4.79 Å². The predicted octanol–water partition coefficient (Wildman–Crippen LogP) is 23.5. The van der Waals surface area contributed by atoms with Crippen LogP contribution in [0, 0.1) is 6.92 Å². The highest BCUT2D eigenvalue weighted by Crippen LogP contribution is 2.25. The summed E-state index contributed by atoms with van der Waals surface area (Å²) < 4.78 is 5.90. The predicted molar refractivity (Wildman–Crippen MR) is 276 cm³/mol. The minimum absolute atomic E-state index is 0. The van der Waals surface area contributed by atoms with Crippen molar-refractivity contribution < 1.29 is 128 Å². The minimum atomic E-state index is -0.342. The molecule has 27 heavy (non-hydrogen) atoms. The van der Waals surface area contributed by atoms with Crippen molar-refractivity contribution in [3.63, 3.8) is 0 Å². The lowest BCUT2D eigenvalue weighted by Crippen LogP contribution is -2.25. The molecule has 6 heteroatoms. The van der Waals surface area contributed by atoms with Crippen molar-refractivity contribution in [1.29, 1.82) is 0 Å². The van der Waals surface area contributed by atoms with Crippen LogP contribution in [0.2, 0.25) is 0 Å². The number of hydrogen-bond donors (Lipinski definition) is 1. The summed E-state index contributed by atoms with van der Waals surface area (Å²) in [5.74, 6) is 0.626. The van der Waals surface area contributed by atoms with Crippen LogP contribution in [0.15, 0.2) is 36.5 Å². The normalized spacial score (nSPS) is 16.4. The van der Waals surface area contributed by atoms with E-state index in [1.165, 1.54) is 5.56 Å². The molecule has 3 rings (SSSR count). The van der Waals surface area contributed by atoms with Gasteiger partial charge in [0.15, 0.2) is 0 Å². The molecule has 0 aliphatic carbocycles. The van der Waals surface area contributed by atoms with E-state index in [0.29, 0.717) is 13.0 Å². The Morgan fingerprint density at radius 2 is 2.00 bits per heavy atom. The first-order chi connectivity index (χ1) is 13.0. The van der Waals surface area contributed by atoms with Crippen molar-refractivity contribution in [2.75, 3.05) is 6.61 Å². The highest BCUT2D eigenvalue weighted by atomic mass is 32.2. The van der Waals surface area contributed by atoms with Gasteiger partial charge >= 0.3 is 0 Å². The summed E-state index contributed by atoms with van der Waals surface area (Å²) in [4.78, 5) is 27.4. The third-order valence-electron chi connectivity index (χ3n) is 4.47. The number of carbonyl (C=O) groups is 2. The molecular weight excluding hydrogens is 360 g/mol. The van der Waals surface area contributed by atoms with Gasteiger partial charge in [-0.05, 0) is 48.6 Å². The van der Waals surface area contributed by atoms with Gasteiger partial charge in [0.05, 0.1) is 11.9 Å². The Hall–Kier alpha value is -2.34. The van der Waals surface area contributed by atoms with Crippen molar-refractivity contribution in [3.8, 4) is 5.75 Å². The minimum Gasteiger partial charge on any atom is -0.493 e. The van der Waals surface area contributed by atoms with E-state index in [4.69, 9.17) is 4.74 Å². The monoisotopic (exact) mass is 545 g/mol. The lowest BCUT2D eigenvalue weighted by atomic mass is 10.1. The van der Waals surface area contributed by atoms with E-state index in [9.17, 15) is 9.59 Å². The molecule has 1 fully saturated rings. The van der Waals surface area contributed by atoms with Gasteiger partial charge in [-0.1, -0.05) is 43.3 Å². The van der Waals surface area contributed by atoms with E-state index in [-0.39, 0.29) is 131 Å². The molecule has 1 aromatic carbocycles. The number of rotatable bonds is 8. The van der Waals surface area contributed by atoms with Gasteiger partial charge in [-0.2, -0.15) is 0 Å². The standard InChI is InChI=1S/C21H24N2O3S.80H2/c1-3-4-15-5-7-17(22-13-15)9-10-26-18-8-6-16(11-14(18)2)12-19-20(24)23-21(25)27-19;;;;;;;;;;;;;;;;;;;;;;;;;;;;;;;;;;;;;;;;;;;;;;;;;;;;;;;;;;;;;;;;;;;;;;;;;;;;;;;;/h5-8,11,13,19H,3-4,9-10,12H2,1-2H3,(H,23,24,25);80*1H. The fourth-order valence-electron chi connectivity index (χ4n) is 3.05. The Morgan fingerprint density at radius 1 is 1.19 bits per heavy atom. The Bertz CT molecular complexity index is 908. The summed E-state index contributed by atoms with van der Waals surface area (Å²) in [5.41, 5.74) is 4.34. The molecule has 302 valence electrons. The number of pyridine rings is 1. The van der Waals surface area contributed by atoms with E-state index >= 15 is 0 Å². The van der Waals surface area contributed by atoms with Gasteiger partial charge in [-0.3, -0.25) is 19.9 Å². The second-order valence-electron chi connectivity index (χ2n) is 6.69. The smallest absolute Gasteiger partial charge is 0.286 e. The number of ether oxygens (including phenoxy) is 1. The summed E-state index contributed by atoms with van der Waals surface area (Å²) in [5, 5.41) is 1.71. The maximum absolute atomic E-state index is 11.7. The van der Waals surface area contributed by atoms with Crippen molar-refractivity contribution in [3.05, 3.63) is 58.9 Å². The molecule has 1 N–H and O–H groups in total. The zero-order valence-corrected chi connectivity index (χ0v) is 16.5. The number of nitrogens with zero attached hydrogens (tertiary/aromatic N) is 1. The molecule has 2 heterocycles. The molecule has 1 unspecified atom stereocenters. The topological polar surface area (TPSA) is 68.3 Å². The van der Waals surface area contributed by atoms with Crippen LogP contribution in [-0.2, 0) is 24.1 Å². The molecule has 0 spiro atoms. The highest BCUT2D eigenvalue weighted by Gasteiger charge is 2.31. The molecule has 1 aliphatic rings. The van der Waals surface area contributed by atoms with Gasteiger partial charge in [-0.15, -0.1) is 0 Å². The van der Waals surface area contributed by atoms with E-state index in [0.717, 1.165) is 53.6 Å². The number of carbonyl (C=O) groups excluding carboxylic acids is 2. The van der Waals surface area contributed by atoms with E-state index in [2.05, 4.69) is 29.4 Å². The molecule has 1 saturated heterocycles. The summed E-state index contributed by atoms with van der Waals surface area (Å²) in [7, 11) is 0. The molecule has 0 radical (unpaired) electrons. The molecule has 1 aromatic heterocycles. The zero-order chi connectivity index (χ0) is 19.2. The highest BCUT2D eigenvalue weighted by molar-refractivity contribution is 8.15. The van der Waals surface area contributed by atoms with Gasteiger partial charge in [0.1, 0.15) is 5.75 Å². The first kappa shape index (κ1) is 19.4. The number of benzene rings is 1. The third-order valence-corrected chi connectivity index (χ3v) is 5.45. The maximum Gasteiger partial charge on any atom is 0.286 e. The van der Waals surface area contributed by atoms with Crippen molar-refractivity contribution in [1.82, 2.24) is 10.3 Å². The number of amides is 2. The molecule has 0 saturated carbocycles. The summed E-state index contributed by atoms with van der Waals surface area (Å²) in [6, 6.07) is 10.1. The average Bonchev–Trinajstić information content (AvgIpc) is 2.95. The number of thioether (sulfide) groups is 1. The maximum atomic E-state index is 11.7. The Kier molecular flexibility index (Phi) is 6.50. The molecular formula is C21H184N2O3S. The first-order valence-electron chi connectivity index (χ1n) is 9.22. The second kappa shape index (κ2) is 9.04. The molecule has 5 nitrogen and oxygen atoms in total. The first-order valence-corrected chi connectivity index (χ1v) is 10.1. The fraction of sp³-hybridized carbons (Fsp3) is 0.381. The zero-order valence-electron chi connectivity index (χ0n) is 15.7. The van der Waals surface area contributed by atoms with Gasteiger partial charge in [0.25, 0.3) is 5.24 Å². The molecule has 0 bridgehead atoms. The molecule has 1 atom stereocenters. The van der Waals surface area contributed by atoms with Crippen LogP contribution in [0.25, 0.3) is 0 Å². The van der Waals surface area contributed by atoms with Gasteiger partial charge in [0.2, 0.25) is 5.91 Å². The number of aryl methyl sites for hydroxylation is 2. The Balaban J connectivity index is -0.00000000138. The largest absolute Gasteiger partial charge is 0.493 e. The van der Waals surface area contributed by atoms with Crippen LogP contribution in [0.3, 0.4) is 0 Å². The average molecular weight is 546 g/mol. The number of aromatic nitrogens is 1. The number of hydrogen-bond acceptors (Lipinski definition) is 5. The molecule has 1 aliphatic heterocycles. The fourth-order valence-corrected chi connectivity index (χ4v) is 3.91. The molecule has 2 amide bonds. The summed E-state index contributed by atoms with van der Waals surface area (Å²) in [6.45, 7) is 4.72. The molecule has 2 aromatic rings. The van der Waals surface area contributed by atoms with E-state index in [1.54, 1.807) is 0 Å². The Morgan fingerprint density at radius 3 is 2.63 bits per heavy atom. The van der Waals surface area contributed by atoms with Crippen molar-refractivity contribution in [2.45, 2.75) is 44.8 Å². The number of imide groups is 1. The van der Waals surface area contributed by atoms with Crippen LogP contribution in [-0.4, -0.2) is 28.0 Å². The Labute approximate surface area is 282 Å². The summed E-state index contributed by atoms with van der Waals surface area (Å²) >= 11 is 1.06. The third kappa shape index (κ3) is 5.32.